The van der Waals surface area contributed by atoms with Crippen LogP contribution in [0.3, 0.4) is 0 Å². The van der Waals surface area contributed by atoms with Gasteiger partial charge in [-0.2, -0.15) is 0 Å². The number of likely N-dealkylation sites (N-methyl/N-ethyl adjacent to an activating group) is 1. The van der Waals surface area contributed by atoms with Crippen LogP contribution in [0.15, 0.2) is 0 Å². The number of methoxy groups -OCH3 is 1. The number of nitrogens with one attached hydrogen (secondary N) is 2. The predicted molar refractivity (Wildman–Crippen MR) is 64.4 cm³/mol. The highest BCUT2D eigenvalue weighted by molar-refractivity contribution is 6.35. The molecule has 0 spiro atoms. The first-order chi connectivity index (χ1) is 8.11. The first kappa shape index (κ1) is 15.8. The predicted octanol–water partition coefficient (Wildman–Crippen LogP) is -2.24. The summed E-state index contributed by atoms with van der Waals surface area (Å²) in [6.45, 7) is 3.14. The highest BCUT2D eigenvalue weighted by Gasteiger charge is 2.11. The van der Waals surface area contributed by atoms with Gasteiger partial charge in [-0.05, 0) is 7.05 Å². The van der Waals surface area contributed by atoms with Gasteiger partial charge in [0.25, 0.3) is 0 Å². The number of nitrogens with two attached hydrogens (primary N) is 1. The number of carbonyl (C=O) groups is 2. The van der Waals surface area contributed by atoms with E-state index >= 15 is 0 Å². The summed E-state index contributed by atoms with van der Waals surface area (Å²) >= 11 is 0. The van der Waals surface area contributed by atoms with E-state index in [0.717, 1.165) is 6.54 Å². The summed E-state index contributed by atoms with van der Waals surface area (Å²) in [5, 5.41) is 4.92. The van der Waals surface area contributed by atoms with Crippen molar-refractivity contribution in [2.24, 2.45) is 5.73 Å². The molecule has 0 aromatic rings. The lowest BCUT2D eigenvalue weighted by Gasteiger charge is -2.15. The second-order valence-electron chi connectivity index (χ2n) is 3.60. The second-order valence-corrected chi connectivity index (χ2v) is 3.60. The van der Waals surface area contributed by atoms with E-state index in [1.807, 2.05) is 11.9 Å². The maximum absolute atomic E-state index is 11.2. The van der Waals surface area contributed by atoms with Gasteiger partial charge in [-0.15, -0.1) is 0 Å². The Labute approximate surface area is 102 Å². The zero-order chi connectivity index (χ0) is 13.1. The number of amides is 2. The molecule has 0 aromatic heterocycles. The van der Waals surface area contributed by atoms with Gasteiger partial charge in [0.2, 0.25) is 0 Å². The van der Waals surface area contributed by atoms with Crippen molar-refractivity contribution in [3.05, 3.63) is 0 Å². The van der Waals surface area contributed by atoms with E-state index in [1.54, 1.807) is 7.11 Å². The maximum Gasteiger partial charge on any atom is 0.309 e. The summed E-state index contributed by atoms with van der Waals surface area (Å²) in [5.41, 5.74) is 5.20. The Bertz CT molecular complexity index is 236. The fourth-order valence-electron chi connectivity index (χ4n) is 1.07. The lowest BCUT2D eigenvalue weighted by Crippen LogP contribution is -2.43. The number of hydrogen-bond acceptors (Lipinski definition) is 5. The van der Waals surface area contributed by atoms with Gasteiger partial charge in [-0.1, -0.05) is 0 Å². The Morgan fingerprint density at radius 1 is 1.18 bits per heavy atom. The molecule has 7 nitrogen and oxygen atoms in total. The molecule has 0 aliphatic heterocycles. The van der Waals surface area contributed by atoms with Crippen LogP contribution in [0.25, 0.3) is 0 Å². The third kappa shape index (κ3) is 8.61. The molecule has 7 heteroatoms. The van der Waals surface area contributed by atoms with Crippen molar-refractivity contribution in [2.45, 2.75) is 0 Å². The van der Waals surface area contributed by atoms with E-state index in [0.29, 0.717) is 32.8 Å². The van der Waals surface area contributed by atoms with Crippen molar-refractivity contribution in [1.82, 2.24) is 15.5 Å². The summed E-state index contributed by atoms with van der Waals surface area (Å²) in [5.74, 6) is -1.27. The number of rotatable bonds is 8. The van der Waals surface area contributed by atoms with Crippen LogP contribution in [0.4, 0.5) is 0 Å². The van der Waals surface area contributed by atoms with E-state index < -0.39 is 11.8 Å². The number of hydrogen-bond donors (Lipinski definition) is 3. The Hall–Kier alpha value is -1.18. The average Bonchev–Trinajstić information content (AvgIpc) is 2.33. The van der Waals surface area contributed by atoms with E-state index in [4.69, 9.17) is 10.5 Å². The number of carbonyl (C=O) groups excluding carboxylic acids is 2. The van der Waals surface area contributed by atoms with Crippen LogP contribution in [0.2, 0.25) is 0 Å². The van der Waals surface area contributed by atoms with Crippen LogP contribution < -0.4 is 16.4 Å². The molecule has 0 atom stereocenters. The topological polar surface area (TPSA) is 96.7 Å². The second kappa shape index (κ2) is 10.0. The molecule has 2 amide bonds. The highest BCUT2D eigenvalue weighted by Crippen LogP contribution is 1.81. The molecule has 0 saturated heterocycles. The van der Waals surface area contributed by atoms with Gasteiger partial charge in [-0.25, -0.2) is 0 Å². The van der Waals surface area contributed by atoms with Gasteiger partial charge < -0.3 is 26.0 Å². The summed E-state index contributed by atoms with van der Waals surface area (Å²) in [6.07, 6.45) is 0. The first-order valence-electron chi connectivity index (χ1n) is 5.55. The van der Waals surface area contributed by atoms with Gasteiger partial charge in [0.1, 0.15) is 0 Å². The molecule has 0 radical (unpaired) electrons. The third-order valence-electron chi connectivity index (χ3n) is 2.09. The minimum absolute atomic E-state index is 0.306. The Morgan fingerprint density at radius 3 is 2.29 bits per heavy atom. The largest absolute Gasteiger partial charge is 0.383 e. The molecular formula is C10H22N4O3. The molecule has 0 saturated carbocycles. The van der Waals surface area contributed by atoms with Gasteiger partial charge in [0.15, 0.2) is 0 Å². The molecule has 0 unspecified atom stereocenters. The minimum Gasteiger partial charge on any atom is -0.383 e. The van der Waals surface area contributed by atoms with Crippen molar-refractivity contribution in [2.75, 3.05) is 53.5 Å². The summed E-state index contributed by atoms with van der Waals surface area (Å²) in [6, 6.07) is 0. The van der Waals surface area contributed by atoms with Crippen molar-refractivity contribution in [3.63, 3.8) is 0 Å². The van der Waals surface area contributed by atoms with Crippen LogP contribution in [-0.4, -0.2) is 70.2 Å². The standard InChI is InChI=1S/C10H22N4O3/c1-14(7-8-17-2)6-5-13-10(16)9(15)12-4-3-11/h3-8,11H2,1-2H3,(H,12,15)(H,13,16). The van der Waals surface area contributed by atoms with E-state index in [2.05, 4.69) is 10.6 Å². The van der Waals surface area contributed by atoms with E-state index in [1.165, 1.54) is 0 Å². The van der Waals surface area contributed by atoms with Crippen LogP contribution in [0.1, 0.15) is 0 Å². The maximum atomic E-state index is 11.2. The normalized spacial score (nSPS) is 10.4. The van der Waals surface area contributed by atoms with Crippen LogP contribution in [0.5, 0.6) is 0 Å². The van der Waals surface area contributed by atoms with Crippen molar-refractivity contribution in [3.8, 4) is 0 Å². The summed E-state index contributed by atoms with van der Waals surface area (Å²) < 4.78 is 4.92. The Morgan fingerprint density at radius 2 is 1.76 bits per heavy atom. The third-order valence-corrected chi connectivity index (χ3v) is 2.09. The molecule has 0 fully saturated rings. The molecule has 0 aliphatic rings. The molecule has 0 rings (SSSR count). The Kier molecular flexibility index (Phi) is 9.31. The molecule has 0 bridgehead atoms. The van der Waals surface area contributed by atoms with Gasteiger partial charge in [0.05, 0.1) is 6.61 Å². The molecule has 0 aliphatic carbocycles. The lowest BCUT2D eigenvalue weighted by molar-refractivity contribution is -0.139. The smallest absolute Gasteiger partial charge is 0.309 e. The van der Waals surface area contributed by atoms with Gasteiger partial charge >= 0.3 is 11.8 Å². The first-order valence-corrected chi connectivity index (χ1v) is 5.55. The Balaban J connectivity index is 3.59. The van der Waals surface area contributed by atoms with Crippen LogP contribution in [0, 0.1) is 0 Å². The summed E-state index contributed by atoms with van der Waals surface area (Å²) in [7, 11) is 3.55. The van der Waals surface area contributed by atoms with Crippen molar-refractivity contribution >= 4 is 11.8 Å². The lowest BCUT2D eigenvalue weighted by atomic mass is 10.4. The monoisotopic (exact) mass is 246 g/mol. The molecule has 4 N–H and O–H groups in total. The SMILES string of the molecule is COCCN(C)CCNC(=O)C(=O)NCCN. The fraction of sp³-hybridized carbons (Fsp3) is 0.800. The molecule has 0 heterocycles. The molecule has 0 aromatic carbocycles. The van der Waals surface area contributed by atoms with Crippen molar-refractivity contribution in [1.29, 1.82) is 0 Å². The fourth-order valence-corrected chi connectivity index (χ4v) is 1.07. The highest BCUT2D eigenvalue weighted by atomic mass is 16.5. The van der Waals surface area contributed by atoms with Gasteiger partial charge in [0, 0.05) is 39.8 Å². The zero-order valence-electron chi connectivity index (χ0n) is 10.5. The zero-order valence-corrected chi connectivity index (χ0v) is 10.5. The average molecular weight is 246 g/mol. The number of ether oxygens (including phenoxy) is 1. The quantitative estimate of drug-likeness (QED) is 0.421. The summed E-state index contributed by atoms with van der Waals surface area (Å²) in [4.78, 5) is 24.4. The van der Waals surface area contributed by atoms with E-state index in [9.17, 15) is 9.59 Å². The van der Waals surface area contributed by atoms with Crippen LogP contribution >= 0.6 is 0 Å². The molecular weight excluding hydrogens is 224 g/mol. The van der Waals surface area contributed by atoms with Crippen LogP contribution in [-0.2, 0) is 14.3 Å². The van der Waals surface area contributed by atoms with Crippen molar-refractivity contribution < 1.29 is 14.3 Å². The molecule has 100 valence electrons. The molecule has 17 heavy (non-hydrogen) atoms. The van der Waals surface area contributed by atoms with Gasteiger partial charge in [-0.3, -0.25) is 9.59 Å². The minimum atomic E-state index is -0.644. The van der Waals surface area contributed by atoms with E-state index in [-0.39, 0.29) is 0 Å². The number of nitrogens with zero attached hydrogens (tertiary/aromatic N) is 1.